The van der Waals surface area contributed by atoms with Gasteiger partial charge in [-0.15, -0.1) is 0 Å². The number of hydrogen-bond acceptors (Lipinski definition) is 0. The molecule has 0 aliphatic rings. The molecule has 0 bridgehead atoms. The third-order valence-corrected chi connectivity index (χ3v) is 3.94. The van der Waals surface area contributed by atoms with Gasteiger partial charge in [0.05, 0.1) is 4.83 Å². The molecule has 0 saturated carbocycles. The van der Waals surface area contributed by atoms with Gasteiger partial charge in [0.1, 0.15) is 11.6 Å². The summed E-state index contributed by atoms with van der Waals surface area (Å²) < 4.78 is 27.4. The van der Waals surface area contributed by atoms with Crippen LogP contribution in [0, 0.1) is 25.5 Å². The van der Waals surface area contributed by atoms with E-state index >= 15 is 0 Å². The van der Waals surface area contributed by atoms with Crippen molar-refractivity contribution in [1.82, 2.24) is 0 Å². The van der Waals surface area contributed by atoms with Crippen molar-refractivity contribution in [2.24, 2.45) is 0 Å². The highest BCUT2D eigenvalue weighted by Crippen LogP contribution is 2.33. The number of hydrogen-bond donors (Lipinski definition) is 0. The van der Waals surface area contributed by atoms with Gasteiger partial charge in [-0.3, -0.25) is 0 Å². The molecule has 0 fully saturated rings. The van der Waals surface area contributed by atoms with Gasteiger partial charge in [-0.2, -0.15) is 0 Å². The summed E-state index contributed by atoms with van der Waals surface area (Å²) in [5.41, 5.74) is 2.68. The first kappa shape index (κ1) is 13.2. The Morgan fingerprint density at radius 3 is 2.17 bits per heavy atom. The molecule has 0 heterocycles. The molecule has 18 heavy (non-hydrogen) atoms. The van der Waals surface area contributed by atoms with Crippen LogP contribution in [-0.4, -0.2) is 0 Å². The van der Waals surface area contributed by atoms with Crippen molar-refractivity contribution in [1.29, 1.82) is 0 Å². The number of benzene rings is 2. The highest BCUT2D eigenvalue weighted by atomic mass is 79.9. The van der Waals surface area contributed by atoms with E-state index < -0.39 is 5.82 Å². The maximum absolute atomic E-state index is 13.8. The van der Waals surface area contributed by atoms with E-state index in [1.54, 1.807) is 6.92 Å². The van der Waals surface area contributed by atoms with E-state index in [1.165, 1.54) is 12.1 Å². The van der Waals surface area contributed by atoms with Crippen LogP contribution in [-0.2, 0) is 0 Å². The molecule has 0 spiro atoms. The molecule has 1 unspecified atom stereocenters. The minimum atomic E-state index is -0.392. The zero-order chi connectivity index (χ0) is 13.3. The van der Waals surface area contributed by atoms with Gasteiger partial charge in [0, 0.05) is 5.56 Å². The Bertz CT molecular complexity index is 561. The Balaban J connectivity index is 2.42. The molecule has 0 nitrogen and oxygen atoms in total. The van der Waals surface area contributed by atoms with Crippen molar-refractivity contribution < 1.29 is 8.78 Å². The average molecular weight is 311 g/mol. The minimum Gasteiger partial charge on any atom is -0.207 e. The second kappa shape index (κ2) is 5.19. The fourth-order valence-electron chi connectivity index (χ4n) is 1.77. The summed E-state index contributed by atoms with van der Waals surface area (Å²) in [6, 6.07) is 10.2. The summed E-state index contributed by atoms with van der Waals surface area (Å²) in [4.78, 5) is -0.340. The highest BCUT2D eigenvalue weighted by molar-refractivity contribution is 9.09. The molecule has 0 aliphatic heterocycles. The molecule has 3 heteroatoms. The summed E-state index contributed by atoms with van der Waals surface area (Å²) in [5.74, 6) is -0.778. The Morgan fingerprint density at radius 2 is 1.56 bits per heavy atom. The molecule has 0 amide bonds. The zero-order valence-electron chi connectivity index (χ0n) is 10.2. The third-order valence-electron chi connectivity index (χ3n) is 2.92. The van der Waals surface area contributed by atoms with Crippen molar-refractivity contribution in [3.8, 4) is 0 Å². The van der Waals surface area contributed by atoms with E-state index in [4.69, 9.17) is 0 Å². The molecule has 0 radical (unpaired) electrons. The van der Waals surface area contributed by atoms with Crippen LogP contribution in [0.15, 0.2) is 36.4 Å². The molecule has 0 aliphatic carbocycles. The van der Waals surface area contributed by atoms with E-state index in [2.05, 4.69) is 15.9 Å². The lowest BCUT2D eigenvalue weighted by Crippen LogP contribution is -1.99. The predicted molar refractivity (Wildman–Crippen MR) is 73.0 cm³/mol. The minimum absolute atomic E-state index is 0.319. The van der Waals surface area contributed by atoms with Crippen molar-refractivity contribution >= 4 is 15.9 Å². The Hall–Kier alpha value is -1.22. The number of halogens is 3. The van der Waals surface area contributed by atoms with Gasteiger partial charge in [-0.25, -0.2) is 8.78 Å². The summed E-state index contributed by atoms with van der Waals surface area (Å²) in [7, 11) is 0. The summed E-state index contributed by atoms with van der Waals surface area (Å²) in [5, 5.41) is 0. The van der Waals surface area contributed by atoms with E-state index in [0.717, 1.165) is 11.1 Å². The summed E-state index contributed by atoms with van der Waals surface area (Å²) in [6.07, 6.45) is 0. The smallest absolute Gasteiger partial charge is 0.128 e. The maximum Gasteiger partial charge on any atom is 0.128 e. The van der Waals surface area contributed by atoms with Crippen LogP contribution >= 0.6 is 15.9 Å². The number of rotatable bonds is 2. The number of aryl methyl sites for hydroxylation is 2. The first-order valence-corrected chi connectivity index (χ1v) is 6.57. The molecule has 2 aromatic rings. The van der Waals surface area contributed by atoms with Gasteiger partial charge in [-0.1, -0.05) is 45.8 Å². The van der Waals surface area contributed by atoms with E-state index in [1.807, 2.05) is 31.2 Å². The normalized spacial score (nSPS) is 12.5. The fourth-order valence-corrected chi connectivity index (χ4v) is 2.43. The summed E-state index contributed by atoms with van der Waals surface area (Å²) in [6.45, 7) is 3.54. The molecule has 2 aromatic carbocycles. The quantitative estimate of drug-likeness (QED) is 0.680. The van der Waals surface area contributed by atoms with Crippen LogP contribution in [0.3, 0.4) is 0 Å². The second-order valence-electron chi connectivity index (χ2n) is 4.40. The van der Waals surface area contributed by atoms with Crippen molar-refractivity contribution in [3.63, 3.8) is 0 Å². The van der Waals surface area contributed by atoms with E-state index in [-0.39, 0.29) is 10.6 Å². The largest absolute Gasteiger partial charge is 0.207 e. The van der Waals surface area contributed by atoms with E-state index in [9.17, 15) is 8.78 Å². The second-order valence-corrected chi connectivity index (χ2v) is 5.31. The van der Waals surface area contributed by atoms with Crippen LogP contribution in [0.1, 0.15) is 27.1 Å². The fraction of sp³-hybridized carbons (Fsp3) is 0.200. The lowest BCUT2D eigenvalue weighted by atomic mass is 10.0. The number of alkyl halides is 1. The molecular weight excluding hydrogens is 298 g/mol. The SMILES string of the molecule is Cc1ccc(C(Br)c2cc(F)c(C)cc2F)cc1. The molecule has 0 N–H and O–H groups in total. The molecule has 1 atom stereocenters. The van der Waals surface area contributed by atoms with Crippen molar-refractivity contribution in [3.05, 3.63) is 70.3 Å². The third kappa shape index (κ3) is 2.61. The van der Waals surface area contributed by atoms with Gasteiger partial charge >= 0.3 is 0 Å². The Kier molecular flexibility index (Phi) is 3.81. The van der Waals surface area contributed by atoms with Crippen LogP contribution in [0.4, 0.5) is 8.78 Å². The predicted octanol–water partition coefficient (Wildman–Crippen LogP) is 5.07. The zero-order valence-corrected chi connectivity index (χ0v) is 11.8. The monoisotopic (exact) mass is 310 g/mol. The van der Waals surface area contributed by atoms with Crippen LogP contribution in [0.5, 0.6) is 0 Å². The van der Waals surface area contributed by atoms with Gasteiger partial charge in [-0.05, 0) is 37.1 Å². The van der Waals surface area contributed by atoms with Crippen molar-refractivity contribution in [2.75, 3.05) is 0 Å². The Morgan fingerprint density at radius 1 is 0.944 bits per heavy atom. The van der Waals surface area contributed by atoms with Crippen LogP contribution < -0.4 is 0 Å². The van der Waals surface area contributed by atoms with E-state index in [0.29, 0.717) is 11.1 Å². The topological polar surface area (TPSA) is 0 Å². The van der Waals surface area contributed by atoms with Gasteiger partial charge in [0.15, 0.2) is 0 Å². The van der Waals surface area contributed by atoms with Gasteiger partial charge in [0.25, 0.3) is 0 Å². The first-order chi connectivity index (χ1) is 8.49. The molecule has 2 rings (SSSR count). The van der Waals surface area contributed by atoms with Crippen molar-refractivity contribution in [2.45, 2.75) is 18.7 Å². The Labute approximate surface area is 114 Å². The van der Waals surface area contributed by atoms with Crippen LogP contribution in [0.25, 0.3) is 0 Å². The lowest BCUT2D eigenvalue weighted by molar-refractivity contribution is 0.581. The maximum atomic E-state index is 13.8. The molecular formula is C15H13BrF2. The highest BCUT2D eigenvalue weighted by Gasteiger charge is 2.16. The standard InChI is InChI=1S/C15H13BrF2/c1-9-3-5-11(6-4-9)15(16)12-8-13(17)10(2)7-14(12)18/h3-8,15H,1-2H3. The summed E-state index contributed by atoms with van der Waals surface area (Å²) >= 11 is 3.42. The van der Waals surface area contributed by atoms with Gasteiger partial charge in [0.2, 0.25) is 0 Å². The lowest BCUT2D eigenvalue weighted by Gasteiger charge is -2.13. The van der Waals surface area contributed by atoms with Crippen LogP contribution in [0.2, 0.25) is 0 Å². The average Bonchev–Trinajstić information content (AvgIpc) is 2.34. The molecule has 94 valence electrons. The molecule has 0 aromatic heterocycles. The molecule has 0 saturated heterocycles. The first-order valence-electron chi connectivity index (χ1n) is 5.65. The van der Waals surface area contributed by atoms with Gasteiger partial charge < -0.3 is 0 Å².